The monoisotopic (exact) mass is 257 g/mol. The fourth-order valence-electron chi connectivity index (χ4n) is 1.33. The molecule has 0 aliphatic heterocycles. The van der Waals surface area contributed by atoms with E-state index < -0.39 is 23.5 Å². The Morgan fingerprint density at radius 3 is 2.50 bits per heavy atom. The van der Waals surface area contributed by atoms with Crippen molar-refractivity contribution in [3.63, 3.8) is 0 Å². The standard InChI is InChI=1S/C12H13F2NO3/c1-3-18-12(17)11(16)15(2)7-8-4-5-9(13)10(14)6-8/h4-6H,3,7H2,1-2H3. The molecule has 1 aromatic rings. The Morgan fingerprint density at radius 1 is 1.28 bits per heavy atom. The van der Waals surface area contributed by atoms with Gasteiger partial charge < -0.3 is 9.64 Å². The molecule has 0 bridgehead atoms. The van der Waals surface area contributed by atoms with Crippen LogP contribution in [0.2, 0.25) is 0 Å². The number of hydrogen-bond donors (Lipinski definition) is 0. The number of carbonyl (C=O) groups excluding carboxylic acids is 2. The highest BCUT2D eigenvalue weighted by Gasteiger charge is 2.20. The third kappa shape index (κ3) is 3.51. The molecule has 0 saturated heterocycles. The predicted octanol–water partition coefficient (Wildman–Crippen LogP) is 1.49. The summed E-state index contributed by atoms with van der Waals surface area (Å²) in [5, 5.41) is 0. The number of likely N-dealkylation sites (N-methyl/N-ethyl adjacent to an activating group) is 1. The first kappa shape index (κ1) is 14.1. The molecule has 1 aromatic carbocycles. The number of rotatable bonds is 3. The summed E-state index contributed by atoms with van der Waals surface area (Å²) in [5.74, 6) is -3.76. The van der Waals surface area contributed by atoms with Crippen molar-refractivity contribution in [3.05, 3.63) is 35.4 Å². The summed E-state index contributed by atoms with van der Waals surface area (Å²) in [6, 6.07) is 3.28. The largest absolute Gasteiger partial charge is 0.459 e. The molecule has 1 amide bonds. The van der Waals surface area contributed by atoms with E-state index in [1.54, 1.807) is 6.92 Å². The van der Waals surface area contributed by atoms with Crippen LogP contribution in [0.25, 0.3) is 0 Å². The number of ether oxygens (including phenoxy) is 1. The van der Waals surface area contributed by atoms with E-state index >= 15 is 0 Å². The Balaban J connectivity index is 2.69. The van der Waals surface area contributed by atoms with Crippen LogP contribution in [0.5, 0.6) is 0 Å². The maximum atomic E-state index is 12.9. The molecule has 0 aliphatic rings. The summed E-state index contributed by atoms with van der Waals surface area (Å²) in [7, 11) is 1.38. The van der Waals surface area contributed by atoms with Crippen molar-refractivity contribution in [2.24, 2.45) is 0 Å². The van der Waals surface area contributed by atoms with Crippen LogP contribution >= 0.6 is 0 Å². The molecule has 0 fully saturated rings. The van der Waals surface area contributed by atoms with E-state index in [0.717, 1.165) is 17.0 Å². The van der Waals surface area contributed by atoms with Gasteiger partial charge in [-0.25, -0.2) is 13.6 Å². The van der Waals surface area contributed by atoms with Crippen molar-refractivity contribution < 1.29 is 23.1 Å². The zero-order valence-corrected chi connectivity index (χ0v) is 10.1. The zero-order valence-electron chi connectivity index (χ0n) is 10.1. The van der Waals surface area contributed by atoms with Gasteiger partial charge >= 0.3 is 11.9 Å². The highest BCUT2D eigenvalue weighted by atomic mass is 19.2. The minimum Gasteiger partial charge on any atom is -0.459 e. The molecule has 0 radical (unpaired) electrons. The Morgan fingerprint density at radius 2 is 1.94 bits per heavy atom. The van der Waals surface area contributed by atoms with Crippen molar-refractivity contribution in [3.8, 4) is 0 Å². The highest BCUT2D eigenvalue weighted by molar-refractivity contribution is 6.32. The first-order valence-electron chi connectivity index (χ1n) is 5.31. The molecule has 0 heterocycles. The fourth-order valence-corrected chi connectivity index (χ4v) is 1.33. The quantitative estimate of drug-likeness (QED) is 0.608. The maximum Gasteiger partial charge on any atom is 0.397 e. The molecule has 0 aromatic heterocycles. The van der Waals surface area contributed by atoms with Gasteiger partial charge in [-0.3, -0.25) is 4.79 Å². The van der Waals surface area contributed by atoms with Crippen LogP contribution in [0.3, 0.4) is 0 Å². The predicted molar refractivity (Wildman–Crippen MR) is 59.5 cm³/mol. The number of hydrogen-bond acceptors (Lipinski definition) is 3. The van der Waals surface area contributed by atoms with Crippen LogP contribution in [-0.2, 0) is 20.9 Å². The van der Waals surface area contributed by atoms with Crippen LogP contribution in [-0.4, -0.2) is 30.4 Å². The van der Waals surface area contributed by atoms with Gasteiger partial charge in [-0.1, -0.05) is 6.07 Å². The molecule has 0 saturated carbocycles. The normalized spacial score (nSPS) is 10.0. The molecule has 0 aliphatic carbocycles. The van der Waals surface area contributed by atoms with E-state index in [1.165, 1.54) is 13.1 Å². The van der Waals surface area contributed by atoms with E-state index in [4.69, 9.17) is 0 Å². The van der Waals surface area contributed by atoms with Gasteiger partial charge in [0, 0.05) is 13.6 Å². The number of halogens is 2. The molecular weight excluding hydrogens is 244 g/mol. The lowest BCUT2D eigenvalue weighted by atomic mass is 10.2. The Bertz CT molecular complexity index is 463. The second kappa shape index (κ2) is 6.09. The molecule has 0 N–H and O–H groups in total. The first-order chi connectivity index (χ1) is 8.45. The third-order valence-corrected chi connectivity index (χ3v) is 2.20. The minimum atomic E-state index is -0.996. The molecule has 0 atom stereocenters. The number of nitrogens with zero attached hydrogens (tertiary/aromatic N) is 1. The lowest BCUT2D eigenvalue weighted by Crippen LogP contribution is -2.34. The number of esters is 1. The summed E-state index contributed by atoms with van der Waals surface area (Å²) in [6.45, 7) is 1.68. The van der Waals surface area contributed by atoms with Crippen LogP contribution in [0.1, 0.15) is 12.5 Å². The molecule has 98 valence electrons. The Hall–Kier alpha value is -1.98. The van der Waals surface area contributed by atoms with Crippen molar-refractivity contribution in [2.75, 3.05) is 13.7 Å². The minimum absolute atomic E-state index is 0.00511. The van der Waals surface area contributed by atoms with Gasteiger partial charge in [0.05, 0.1) is 6.61 Å². The van der Waals surface area contributed by atoms with Gasteiger partial charge in [0.15, 0.2) is 11.6 Å². The van der Waals surface area contributed by atoms with E-state index in [-0.39, 0.29) is 13.2 Å². The van der Waals surface area contributed by atoms with E-state index in [9.17, 15) is 18.4 Å². The smallest absolute Gasteiger partial charge is 0.397 e. The molecule has 1 rings (SSSR count). The topological polar surface area (TPSA) is 46.6 Å². The SMILES string of the molecule is CCOC(=O)C(=O)N(C)Cc1ccc(F)c(F)c1. The van der Waals surface area contributed by atoms with Crippen LogP contribution < -0.4 is 0 Å². The maximum absolute atomic E-state index is 12.9. The van der Waals surface area contributed by atoms with Crippen LogP contribution in [0.4, 0.5) is 8.78 Å². The number of benzene rings is 1. The second-order valence-electron chi connectivity index (χ2n) is 3.63. The molecule has 0 spiro atoms. The summed E-state index contributed by atoms with van der Waals surface area (Å²) in [5.41, 5.74) is 0.383. The second-order valence-corrected chi connectivity index (χ2v) is 3.63. The lowest BCUT2D eigenvalue weighted by Gasteiger charge is -2.16. The Kier molecular flexibility index (Phi) is 4.76. The Labute approximate surface area is 103 Å². The van der Waals surface area contributed by atoms with Crippen molar-refractivity contribution in [2.45, 2.75) is 13.5 Å². The van der Waals surface area contributed by atoms with Crippen LogP contribution in [0, 0.1) is 11.6 Å². The van der Waals surface area contributed by atoms with E-state index in [1.807, 2.05) is 0 Å². The first-order valence-corrected chi connectivity index (χ1v) is 5.31. The van der Waals surface area contributed by atoms with E-state index in [0.29, 0.717) is 5.56 Å². The van der Waals surface area contributed by atoms with Crippen molar-refractivity contribution >= 4 is 11.9 Å². The van der Waals surface area contributed by atoms with Gasteiger partial charge in [-0.15, -0.1) is 0 Å². The summed E-state index contributed by atoms with van der Waals surface area (Å²) in [6.07, 6.45) is 0. The molecular formula is C12H13F2NO3. The zero-order chi connectivity index (χ0) is 13.7. The summed E-state index contributed by atoms with van der Waals surface area (Å²) >= 11 is 0. The summed E-state index contributed by atoms with van der Waals surface area (Å²) < 4.78 is 30.2. The molecule has 0 unspecified atom stereocenters. The van der Waals surface area contributed by atoms with Crippen molar-refractivity contribution in [1.29, 1.82) is 0 Å². The average molecular weight is 257 g/mol. The van der Waals surface area contributed by atoms with Crippen molar-refractivity contribution in [1.82, 2.24) is 4.90 Å². The molecule has 18 heavy (non-hydrogen) atoms. The summed E-state index contributed by atoms with van der Waals surface area (Å²) in [4.78, 5) is 23.7. The van der Waals surface area contributed by atoms with Gasteiger partial charge in [0.2, 0.25) is 0 Å². The van der Waals surface area contributed by atoms with Gasteiger partial charge in [0.25, 0.3) is 0 Å². The molecule has 6 heteroatoms. The average Bonchev–Trinajstić information content (AvgIpc) is 2.33. The van der Waals surface area contributed by atoms with Gasteiger partial charge in [-0.05, 0) is 24.6 Å². The number of amides is 1. The van der Waals surface area contributed by atoms with E-state index in [2.05, 4.69) is 4.74 Å². The third-order valence-electron chi connectivity index (χ3n) is 2.20. The van der Waals surface area contributed by atoms with Gasteiger partial charge in [0.1, 0.15) is 0 Å². The highest BCUT2D eigenvalue weighted by Crippen LogP contribution is 2.10. The lowest BCUT2D eigenvalue weighted by molar-refractivity contribution is -0.159. The molecule has 4 nitrogen and oxygen atoms in total. The number of carbonyl (C=O) groups is 2. The fraction of sp³-hybridized carbons (Fsp3) is 0.333. The van der Waals surface area contributed by atoms with Gasteiger partial charge in [-0.2, -0.15) is 0 Å². The van der Waals surface area contributed by atoms with Crippen LogP contribution in [0.15, 0.2) is 18.2 Å².